The Balaban J connectivity index is 2.30. The summed E-state index contributed by atoms with van der Waals surface area (Å²) in [7, 11) is 0. The monoisotopic (exact) mass is 205 g/mol. The second-order valence-electron chi connectivity index (χ2n) is 4.38. The van der Waals surface area contributed by atoms with E-state index in [1.165, 1.54) is 37.8 Å². The molecular weight excluding hydrogens is 186 g/mol. The topological polar surface area (TPSA) is 22.0 Å². The zero-order valence-electron chi connectivity index (χ0n) is 9.41. The first kappa shape index (κ1) is 10.5. The Morgan fingerprint density at radius 2 is 2.07 bits per heavy atom. The molecule has 0 atom stereocenters. The van der Waals surface area contributed by atoms with Crippen LogP contribution in [0.15, 0.2) is 12.1 Å². The van der Waals surface area contributed by atoms with E-state index in [-0.39, 0.29) is 0 Å². The van der Waals surface area contributed by atoms with E-state index in [0.717, 1.165) is 18.4 Å². The molecule has 0 radical (unpaired) electrons. The maximum atomic E-state index is 11.0. The zero-order chi connectivity index (χ0) is 10.7. The predicted molar refractivity (Wildman–Crippen MR) is 61.3 cm³/mol. The molecule has 0 aliphatic heterocycles. The number of aromatic nitrogens is 1. The number of carbonyl (C=O) groups is 1. The smallest absolute Gasteiger partial charge is 0.166 e. The molecule has 0 amide bonds. The molecule has 1 saturated carbocycles. The molecule has 1 aliphatic rings. The molecule has 1 heterocycles. The minimum atomic E-state index is 0.573. The number of nitrogens with zero attached hydrogens (tertiary/aromatic N) is 1. The van der Waals surface area contributed by atoms with E-state index in [9.17, 15) is 4.79 Å². The van der Waals surface area contributed by atoms with Gasteiger partial charge in [-0.3, -0.25) is 4.79 Å². The van der Waals surface area contributed by atoms with Crippen molar-refractivity contribution in [3.8, 4) is 0 Å². The highest BCUT2D eigenvalue weighted by Crippen LogP contribution is 2.30. The molecule has 1 aromatic heterocycles. The second-order valence-corrected chi connectivity index (χ2v) is 4.38. The van der Waals surface area contributed by atoms with E-state index in [1.807, 2.05) is 6.07 Å². The first-order chi connectivity index (χ1) is 7.36. The quantitative estimate of drug-likeness (QED) is 0.693. The highest BCUT2D eigenvalue weighted by Gasteiger charge is 2.19. The molecule has 0 aromatic carbocycles. The second kappa shape index (κ2) is 4.65. The number of aryl methyl sites for hydroxylation is 1. The molecule has 2 nitrogen and oxygen atoms in total. The average Bonchev–Trinajstić information content (AvgIpc) is 2.72. The lowest BCUT2D eigenvalue weighted by Gasteiger charge is -2.26. The third-order valence-electron chi connectivity index (χ3n) is 3.46. The summed E-state index contributed by atoms with van der Waals surface area (Å²) in [6.45, 7) is 2.16. The predicted octanol–water partition coefficient (Wildman–Crippen LogP) is 3.37. The van der Waals surface area contributed by atoms with Gasteiger partial charge in [-0.25, -0.2) is 0 Å². The molecule has 2 heteroatoms. The van der Waals surface area contributed by atoms with Gasteiger partial charge in [0.05, 0.1) is 5.69 Å². The number of aldehydes is 1. The van der Waals surface area contributed by atoms with Gasteiger partial charge in [0, 0.05) is 11.7 Å². The fourth-order valence-electron chi connectivity index (χ4n) is 2.68. The molecule has 1 aromatic rings. The van der Waals surface area contributed by atoms with Crippen LogP contribution in [0, 0.1) is 0 Å². The van der Waals surface area contributed by atoms with E-state index in [2.05, 4.69) is 17.6 Å². The van der Waals surface area contributed by atoms with Crippen molar-refractivity contribution in [2.75, 3.05) is 0 Å². The largest absolute Gasteiger partial charge is 0.339 e. The van der Waals surface area contributed by atoms with E-state index >= 15 is 0 Å². The van der Waals surface area contributed by atoms with Gasteiger partial charge in [0.1, 0.15) is 0 Å². The Labute approximate surface area is 91.3 Å². The van der Waals surface area contributed by atoms with Gasteiger partial charge in [-0.1, -0.05) is 26.2 Å². The zero-order valence-corrected chi connectivity index (χ0v) is 9.41. The van der Waals surface area contributed by atoms with Crippen molar-refractivity contribution >= 4 is 6.29 Å². The summed E-state index contributed by atoms with van der Waals surface area (Å²) in [6, 6.07) is 4.63. The van der Waals surface area contributed by atoms with Crippen LogP contribution in [0.4, 0.5) is 0 Å². The lowest BCUT2D eigenvalue weighted by atomic mass is 9.95. The Morgan fingerprint density at radius 1 is 1.33 bits per heavy atom. The minimum Gasteiger partial charge on any atom is -0.339 e. The van der Waals surface area contributed by atoms with Gasteiger partial charge < -0.3 is 4.57 Å². The van der Waals surface area contributed by atoms with Crippen LogP contribution in [0.1, 0.15) is 61.3 Å². The van der Waals surface area contributed by atoms with Crippen LogP contribution in [0.5, 0.6) is 0 Å². The van der Waals surface area contributed by atoms with Crippen LogP contribution >= 0.6 is 0 Å². The first-order valence-corrected chi connectivity index (χ1v) is 6.02. The van der Waals surface area contributed by atoms with E-state index < -0.39 is 0 Å². The third kappa shape index (κ3) is 1.99. The van der Waals surface area contributed by atoms with Gasteiger partial charge in [-0.15, -0.1) is 0 Å². The third-order valence-corrected chi connectivity index (χ3v) is 3.46. The van der Waals surface area contributed by atoms with Gasteiger partial charge in [0.2, 0.25) is 0 Å². The van der Waals surface area contributed by atoms with Gasteiger partial charge in [0.25, 0.3) is 0 Å². The number of hydrogen-bond donors (Lipinski definition) is 0. The summed E-state index contributed by atoms with van der Waals surface area (Å²) in [5.41, 5.74) is 2.17. The van der Waals surface area contributed by atoms with Gasteiger partial charge in [-0.2, -0.15) is 0 Å². The summed E-state index contributed by atoms with van der Waals surface area (Å²) in [5, 5.41) is 0. The van der Waals surface area contributed by atoms with Crippen LogP contribution in [0.25, 0.3) is 0 Å². The average molecular weight is 205 g/mol. The van der Waals surface area contributed by atoms with Crippen molar-refractivity contribution < 1.29 is 4.79 Å². The van der Waals surface area contributed by atoms with Crippen molar-refractivity contribution in [1.29, 1.82) is 0 Å². The SMILES string of the molecule is CCc1ccc(C=O)n1C1CCCCC1. The van der Waals surface area contributed by atoms with Crippen molar-refractivity contribution in [2.45, 2.75) is 51.5 Å². The van der Waals surface area contributed by atoms with Crippen LogP contribution < -0.4 is 0 Å². The lowest BCUT2D eigenvalue weighted by molar-refractivity contribution is 0.111. The molecule has 15 heavy (non-hydrogen) atoms. The molecule has 2 rings (SSSR count). The maximum absolute atomic E-state index is 11.0. The Hall–Kier alpha value is -1.05. The maximum Gasteiger partial charge on any atom is 0.166 e. The Kier molecular flexibility index (Phi) is 3.24. The van der Waals surface area contributed by atoms with Crippen LogP contribution in [0.2, 0.25) is 0 Å². The van der Waals surface area contributed by atoms with E-state index in [0.29, 0.717) is 6.04 Å². The van der Waals surface area contributed by atoms with Gasteiger partial charge in [-0.05, 0) is 31.4 Å². The summed E-state index contributed by atoms with van der Waals surface area (Å²) >= 11 is 0. The normalized spacial score (nSPS) is 17.9. The molecule has 1 aliphatic carbocycles. The van der Waals surface area contributed by atoms with E-state index in [4.69, 9.17) is 0 Å². The molecule has 0 bridgehead atoms. The van der Waals surface area contributed by atoms with Crippen molar-refractivity contribution in [2.24, 2.45) is 0 Å². The summed E-state index contributed by atoms with van der Waals surface area (Å²) in [6.07, 6.45) is 8.47. The molecule has 0 unspecified atom stereocenters. The van der Waals surface area contributed by atoms with Crippen molar-refractivity contribution in [3.63, 3.8) is 0 Å². The number of carbonyl (C=O) groups excluding carboxylic acids is 1. The number of rotatable bonds is 3. The summed E-state index contributed by atoms with van der Waals surface area (Å²) in [5.74, 6) is 0. The van der Waals surface area contributed by atoms with Crippen molar-refractivity contribution in [1.82, 2.24) is 4.57 Å². The fraction of sp³-hybridized carbons (Fsp3) is 0.615. The highest BCUT2D eigenvalue weighted by atomic mass is 16.1. The minimum absolute atomic E-state index is 0.573. The molecule has 0 N–H and O–H groups in total. The molecular formula is C13H19NO. The molecule has 0 saturated heterocycles. The standard InChI is InChI=1S/C13H19NO/c1-2-11-8-9-13(10-15)14(11)12-6-4-3-5-7-12/h8-10,12H,2-7H2,1H3. The first-order valence-electron chi connectivity index (χ1n) is 6.02. The van der Waals surface area contributed by atoms with Crippen LogP contribution in [-0.4, -0.2) is 10.9 Å². The molecule has 0 spiro atoms. The number of hydrogen-bond acceptors (Lipinski definition) is 1. The Bertz CT molecular complexity index is 334. The van der Waals surface area contributed by atoms with Gasteiger partial charge >= 0.3 is 0 Å². The van der Waals surface area contributed by atoms with Crippen molar-refractivity contribution in [3.05, 3.63) is 23.5 Å². The summed E-state index contributed by atoms with van der Waals surface area (Å²) < 4.78 is 2.27. The van der Waals surface area contributed by atoms with E-state index in [1.54, 1.807) is 0 Å². The highest BCUT2D eigenvalue weighted by molar-refractivity contribution is 5.72. The summed E-state index contributed by atoms with van der Waals surface area (Å²) in [4.78, 5) is 11.0. The van der Waals surface area contributed by atoms with Gasteiger partial charge in [0.15, 0.2) is 6.29 Å². The van der Waals surface area contributed by atoms with Crippen LogP contribution in [-0.2, 0) is 6.42 Å². The lowest BCUT2D eigenvalue weighted by Crippen LogP contribution is -2.17. The Morgan fingerprint density at radius 3 is 2.67 bits per heavy atom. The molecule has 1 fully saturated rings. The fourth-order valence-corrected chi connectivity index (χ4v) is 2.68. The molecule has 82 valence electrons. The van der Waals surface area contributed by atoms with Crippen LogP contribution in [0.3, 0.4) is 0 Å².